The standard InChI is InChI=1S/C26H16Br2N4/c27-22-13-21(14-23(28)15-22)25-16-24(31-26(32-25)20-7-11-30-12-8-20)19-3-1-17(2-4-19)18-5-9-29-10-6-18/h1-16H. The van der Waals surface area contributed by atoms with Gasteiger partial charge in [-0.3, -0.25) is 9.97 Å². The first-order valence-corrected chi connectivity index (χ1v) is 11.5. The molecule has 3 heterocycles. The predicted molar refractivity (Wildman–Crippen MR) is 135 cm³/mol. The van der Waals surface area contributed by atoms with Crippen LogP contribution in [-0.4, -0.2) is 19.9 Å². The minimum Gasteiger partial charge on any atom is -0.265 e. The third-order valence-electron chi connectivity index (χ3n) is 5.02. The lowest BCUT2D eigenvalue weighted by molar-refractivity contribution is 1.17. The van der Waals surface area contributed by atoms with Crippen molar-refractivity contribution in [2.75, 3.05) is 0 Å². The summed E-state index contributed by atoms with van der Waals surface area (Å²) in [5.74, 6) is 0.661. The molecule has 0 amide bonds. The quantitative estimate of drug-likeness (QED) is 0.236. The number of rotatable bonds is 4. The minimum atomic E-state index is 0.661. The second-order valence-electron chi connectivity index (χ2n) is 7.17. The van der Waals surface area contributed by atoms with Crippen molar-refractivity contribution in [2.24, 2.45) is 0 Å². The van der Waals surface area contributed by atoms with E-state index in [4.69, 9.17) is 9.97 Å². The van der Waals surface area contributed by atoms with Gasteiger partial charge in [0.1, 0.15) is 0 Å². The van der Waals surface area contributed by atoms with Crippen LogP contribution in [0.2, 0.25) is 0 Å². The fourth-order valence-electron chi connectivity index (χ4n) is 3.45. The largest absolute Gasteiger partial charge is 0.265 e. The molecule has 0 aliphatic rings. The maximum absolute atomic E-state index is 4.87. The minimum absolute atomic E-state index is 0.661. The molecule has 0 N–H and O–H groups in total. The van der Waals surface area contributed by atoms with Crippen LogP contribution >= 0.6 is 31.9 Å². The fraction of sp³-hybridized carbons (Fsp3) is 0. The lowest BCUT2D eigenvalue weighted by Gasteiger charge is -2.10. The topological polar surface area (TPSA) is 51.6 Å². The zero-order valence-corrected chi connectivity index (χ0v) is 20.0. The van der Waals surface area contributed by atoms with Crippen molar-refractivity contribution >= 4 is 31.9 Å². The molecule has 4 nitrogen and oxygen atoms in total. The van der Waals surface area contributed by atoms with E-state index in [1.165, 1.54) is 0 Å². The molecule has 0 aliphatic heterocycles. The molecular formula is C26H16Br2N4. The Morgan fingerprint density at radius 3 is 1.50 bits per heavy atom. The maximum Gasteiger partial charge on any atom is 0.160 e. The Balaban J connectivity index is 1.63. The lowest BCUT2D eigenvalue weighted by atomic mass is 10.0. The maximum atomic E-state index is 4.87. The van der Waals surface area contributed by atoms with Crippen LogP contribution in [0.4, 0.5) is 0 Å². The normalized spacial score (nSPS) is 10.8. The summed E-state index contributed by atoms with van der Waals surface area (Å²) < 4.78 is 1.96. The molecule has 0 atom stereocenters. The highest BCUT2D eigenvalue weighted by Crippen LogP contribution is 2.31. The van der Waals surface area contributed by atoms with E-state index in [-0.39, 0.29) is 0 Å². The van der Waals surface area contributed by atoms with Gasteiger partial charge in [0.05, 0.1) is 11.4 Å². The number of aromatic nitrogens is 4. The molecule has 0 spiro atoms. The van der Waals surface area contributed by atoms with Gasteiger partial charge in [0.25, 0.3) is 0 Å². The number of hydrogen-bond acceptors (Lipinski definition) is 4. The summed E-state index contributed by atoms with van der Waals surface area (Å²) in [5.41, 5.74) is 6.92. The zero-order chi connectivity index (χ0) is 21.9. The van der Waals surface area contributed by atoms with Crippen molar-refractivity contribution in [3.05, 3.63) is 107 Å². The highest BCUT2D eigenvalue weighted by Gasteiger charge is 2.12. The average Bonchev–Trinajstić information content (AvgIpc) is 2.84. The summed E-state index contributed by atoms with van der Waals surface area (Å²) in [7, 11) is 0. The van der Waals surface area contributed by atoms with Gasteiger partial charge in [0.2, 0.25) is 0 Å². The first-order chi connectivity index (χ1) is 15.7. The molecule has 0 unspecified atom stereocenters. The highest BCUT2D eigenvalue weighted by molar-refractivity contribution is 9.11. The number of pyridine rings is 2. The van der Waals surface area contributed by atoms with E-state index >= 15 is 0 Å². The van der Waals surface area contributed by atoms with Gasteiger partial charge in [0, 0.05) is 50.4 Å². The van der Waals surface area contributed by atoms with Crippen molar-refractivity contribution < 1.29 is 0 Å². The third kappa shape index (κ3) is 4.52. The molecule has 0 fully saturated rings. The summed E-state index contributed by atoms with van der Waals surface area (Å²) in [5, 5.41) is 0. The Labute approximate surface area is 202 Å². The van der Waals surface area contributed by atoms with Gasteiger partial charge in [-0.05, 0) is 59.7 Å². The number of benzene rings is 2. The molecule has 5 rings (SSSR count). The van der Waals surface area contributed by atoms with Crippen molar-refractivity contribution in [3.63, 3.8) is 0 Å². The van der Waals surface area contributed by atoms with Gasteiger partial charge >= 0.3 is 0 Å². The molecule has 6 heteroatoms. The smallest absolute Gasteiger partial charge is 0.160 e. The second kappa shape index (κ2) is 9.10. The molecular weight excluding hydrogens is 528 g/mol. The van der Waals surface area contributed by atoms with Gasteiger partial charge in [0.15, 0.2) is 5.82 Å². The van der Waals surface area contributed by atoms with Crippen LogP contribution in [0.3, 0.4) is 0 Å². The van der Waals surface area contributed by atoms with Crippen LogP contribution in [0.1, 0.15) is 0 Å². The second-order valence-corrected chi connectivity index (χ2v) is 9.00. The Bertz CT molecular complexity index is 1350. The monoisotopic (exact) mass is 542 g/mol. The Hall–Kier alpha value is -3.22. The third-order valence-corrected chi connectivity index (χ3v) is 5.93. The van der Waals surface area contributed by atoms with Gasteiger partial charge in [-0.2, -0.15) is 0 Å². The number of hydrogen-bond donors (Lipinski definition) is 0. The van der Waals surface area contributed by atoms with Gasteiger partial charge in [-0.1, -0.05) is 56.1 Å². The summed E-state index contributed by atoms with van der Waals surface area (Å²) in [6.45, 7) is 0. The lowest BCUT2D eigenvalue weighted by Crippen LogP contribution is -1.96. The van der Waals surface area contributed by atoms with Gasteiger partial charge in [-0.25, -0.2) is 9.97 Å². The molecule has 0 radical (unpaired) electrons. The van der Waals surface area contributed by atoms with E-state index in [1.54, 1.807) is 24.8 Å². The molecule has 5 aromatic rings. The molecule has 0 saturated carbocycles. The highest BCUT2D eigenvalue weighted by atomic mass is 79.9. The molecule has 32 heavy (non-hydrogen) atoms. The number of nitrogens with zero attached hydrogens (tertiary/aromatic N) is 4. The SMILES string of the molecule is Brc1cc(Br)cc(-c2cc(-c3ccc(-c4ccncc4)cc3)nc(-c3ccncc3)n2)c1. The predicted octanol–water partition coefficient (Wildman–Crippen LogP) is 7.46. The molecule has 154 valence electrons. The fourth-order valence-corrected chi connectivity index (χ4v) is 4.75. The molecule has 2 aromatic carbocycles. The van der Waals surface area contributed by atoms with Crippen LogP contribution < -0.4 is 0 Å². The summed E-state index contributed by atoms with van der Waals surface area (Å²) >= 11 is 7.16. The van der Waals surface area contributed by atoms with Crippen LogP contribution in [0.15, 0.2) is 107 Å². The van der Waals surface area contributed by atoms with Crippen molar-refractivity contribution in [3.8, 4) is 45.0 Å². The molecule has 0 aliphatic carbocycles. The Kier molecular flexibility index (Phi) is 5.88. The van der Waals surface area contributed by atoms with Crippen molar-refractivity contribution in [1.82, 2.24) is 19.9 Å². The van der Waals surface area contributed by atoms with E-state index in [1.807, 2.05) is 36.4 Å². The summed E-state index contributed by atoms with van der Waals surface area (Å²) in [6, 6.07) is 24.4. The van der Waals surface area contributed by atoms with Crippen LogP contribution in [0.5, 0.6) is 0 Å². The van der Waals surface area contributed by atoms with Gasteiger partial charge in [-0.15, -0.1) is 0 Å². The van der Waals surface area contributed by atoms with E-state index < -0.39 is 0 Å². The van der Waals surface area contributed by atoms with Crippen molar-refractivity contribution in [1.29, 1.82) is 0 Å². The molecule has 0 bridgehead atoms. The first-order valence-electron chi connectivity index (χ1n) is 9.92. The Morgan fingerprint density at radius 2 is 0.906 bits per heavy atom. The van der Waals surface area contributed by atoms with Gasteiger partial charge < -0.3 is 0 Å². The van der Waals surface area contributed by atoms with E-state index in [0.717, 1.165) is 48.2 Å². The first kappa shape index (κ1) is 20.7. The Morgan fingerprint density at radius 1 is 0.438 bits per heavy atom. The van der Waals surface area contributed by atoms with Crippen LogP contribution in [0.25, 0.3) is 45.0 Å². The summed E-state index contributed by atoms with van der Waals surface area (Å²) in [6.07, 6.45) is 7.11. The average molecular weight is 544 g/mol. The molecule has 3 aromatic heterocycles. The number of halogens is 2. The summed E-state index contributed by atoms with van der Waals surface area (Å²) in [4.78, 5) is 18.0. The van der Waals surface area contributed by atoms with Crippen LogP contribution in [0, 0.1) is 0 Å². The molecule has 0 saturated heterocycles. The van der Waals surface area contributed by atoms with Crippen LogP contribution in [-0.2, 0) is 0 Å². The van der Waals surface area contributed by atoms with E-state index in [2.05, 4.69) is 78.2 Å². The van der Waals surface area contributed by atoms with E-state index in [0.29, 0.717) is 5.82 Å². The zero-order valence-electron chi connectivity index (χ0n) is 16.8. The van der Waals surface area contributed by atoms with Crippen molar-refractivity contribution in [2.45, 2.75) is 0 Å². The van der Waals surface area contributed by atoms with E-state index in [9.17, 15) is 0 Å².